The van der Waals surface area contributed by atoms with Crippen molar-refractivity contribution in [3.8, 4) is 0 Å². The predicted octanol–water partition coefficient (Wildman–Crippen LogP) is 3.18. The molecule has 0 N–H and O–H groups in total. The van der Waals surface area contributed by atoms with E-state index in [1.165, 1.54) is 14.7 Å². The highest BCUT2D eigenvalue weighted by atomic mass is 32.2. The van der Waals surface area contributed by atoms with Gasteiger partial charge in [-0.25, -0.2) is 16.8 Å². The van der Waals surface area contributed by atoms with Crippen molar-refractivity contribution < 1.29 is 16.8 Å². The summed E-state index contributed by atoms with van der Waals surface area (Å²) in [6, 6.07) is 11.8. The lowest BCUT2D eigenvalue weighted by molar-refractivity contribution is 0.346. The molecular formula is C21H26N2O4S2. The highest BCUT2D eigenvalue weighted by molar-refractivity contribution is 7.92. The van der Waals surface area contributed by atoms with Crippen LogP contribution in [0.2, 0.25) is 0 Å². The maximum atomic E-state index is 13.1. The second-order valence-corrected chi connectivity index (χ2v) is 11.4. The van der Waals surface area contributed by atoms with Gasteiger partial charge in [-0.1, -0.05) is 25.5 Å². The fourth-order valence-electron chi connectivity index (χ4n) is 4.04. The van der Waals surface area contributed by atoms with E-state index in [2.05, 4.69) is 0 Å². The molecule has 0 spiro atoms. The van der Waals surface area contributed by atoms with Gasteiger partial charge in [-0.3, -0.25) is 4.31 Å². The molecular weight excluding hydrogens is 408 g/mol. The highest BCUT2D eigenvalue weighted by Crippen LogP contribution is 2.35. The van der Waals surface area contributed by atoms with Gasteiger partial charge in [0.1, 0.15) is 0 Å². The van der Waals surface area contributed by atoms with Gasteiger partial charge in [0.2, 0.25) is 10.0 Å². The van der Waals surface area contributed by atoms with Gasteiger partial charge in [0.25, 0.3) is 10.0 Å². The Balaban J connectivity index is 1.64. The van der Waals surface area contributed by atoms with Crippen LogP contribution in [0, 0.1) is 0 Å². The third kappa shape index (κ3) is 3.69. The maximum Gasteiger partial charge on any atom is 0.264 e. The number of hydrogen-bond acceptors (Lipinski definition) is 4. The molecule has 8 heteroatoms. The Morgan fingerprint density at radius 2 is 1.45 bits per heavy atom. The molecule has 0 unspecified atom stereocenters. The van der Waals surface area contributed by atoms with Crippen LogP contribution in [0.1, 0.15) is 37.3 Å². The molecule has 156 valence electrons. The maximum absolute atomic E-state index is 13.1. The minimum absolute atomic E-state index is 0.254. The summed E-state index contributed by atoms with van der Waals surface area (Å²) in [4.78, 5) is 0.511. The summed E-state index contributed by atoms with van der Waals surface area (Å²) >= 11 is 0. The molecule has 6 nitrogen and oxygen atoms in total. The molecule has 0 atom stereocenters. The first-order valence-electron chi connectivity index (χ1n) is 10.1. The van der Waals surface area contributed by atoms with Gasteiger partial charge in [-0.2, -0.15) is 4.31 Å². The zero-order chi connectivity index (χ0) is 20.6. The van der Waals surface area contributed by atoms with Crippen LogP contribution < -0.4 is 4.31 Å². The van der Waals surface area contributed by atoms with Crippen LogP contribution in [0.15, 0.2) is 52.3 Å². The molecule has 0 aromatic heterocycles. The van der Waals surface area contributed by atoms with Crippen LogP contribution in [-0.2, 0) is 32.9 Å². The molecule has 4 rings (SSSR count). The first-order valence-corrected chi connectivity index (χ1v) is 13.0. The number of hydrogen-bond donors (Lipinski definition) is 0. The molecule has 2 heterocycles. The van der Waals surface area contributed by atoms with E-state index < -0.39 is 20.0 Å². The van der Waals surface area contributed by atoms with Crippen LogP contribution in [-0.4, -0.2) is 40.8 Å². The van der Waals surface area contributed by atoms with E-state index in [-0.39, 0.29) is 9.79 Å². The van der Waals surface area contributed by atoms with E-state index in [0.29, 0.717) is 31.7 Å². The van der Waals surface area contributed by atoms with Gasteiger partial charge >= 0.3 is 0 Å². The Labute approximate surface area is 173 Å². The zero-order valence-electron chi connectivity index (χ0n) is 16.5. The Morgan fingerprint density at radius 1 is 0.793 bits per heavy atom. The summed E-state index contributed by atoms with van der Waals surface area (Å²) in [5.74, 6) is 0. The smallest absolute Gasteiger partial charge is 0.264 e. The van der Waals surface area contributed by atoms with E-state index in [1.807, 2.05) is 19.1 Å². The zero-order valence-corrected chi connectivity index (χ0v) is 18.2. The molecule has 0 radical (unpaired) electrons. The Kier molecular flexibility index (Phi) is 5.44. The summed E-state index contributed by atoms with van der Waals surface area (Å²) < 4.78 is 55.1. The third-order valence-electron chi connectivity index (χ3n) is 5.78. The molecule has 2 aromatic carbocycles. The van der Waals surface area contributed by atoms with Gasteiger partial charge in [0.05, 0.1) is 15.5 Å². The van der Waals surface area contributed by atoms with Gasteiger partial charge in [0.15, 0.2) is 0 Å². The van der Waals surface area contributed by atoms with Crippen molar-refractivity contribution in [3.05, 3.63) is 53.6 Å². The summed E-state index contributed by atoms with van der Waals surface area (Å²) in [6.45, 7) is 3.44. The molecule has 2 aliphatic rings. The van der Waals surface area contributed by atoms with E-state index in [0.717, 1.165) is 36.8 Å². The van der Waals surface area contributed by atoms with Crippen molar-refractivity contribution in [2.45, 2.75) is 48.8 Å². The van der Waals surface area contributed by atoms with Crippen LogP contribution in [0.5, 0.6) is 0 Å². The highest BCUT2D eigenvalue weighted by Gasteiger charge is 2.33. The SMILES string of the molecule is CCc1ccc(S(=O)(=O)N2CCc3cc(S(=O)(=O)N4CCCCC4)ccc32)cc1. The summed E-state index contributed by atoms with van der Waals surface area (Å²) in [7, 11) is -7.20. The average molecular weight is 435 g/mol. The third-order valence-corrected chi connectivity index (χ3v) is 9.50. The largest absolute Gasteiger partial charge is 0.266 e. The van der Waals surface area contributed by atoms with E-state index in [9.17, 15) is 16.8 Å². The molecule has 1 saturated heterocycles. The Morgan fingerprint density at radius 3 is 2.10 bits per heavy atom. The van der Waals surface area contributed by atoms with Crippen LogP contribution in [0.3, 0.4) is 0 Å². The minimum atomic E-state index is -3.67. The van der Waals surface area contributed by atoms with E-state index in [4.69, 9.17) is 0 Å². The lowest BCUT2D eigenvalue weighted by Gasteiger charge is -2.26. The predicted molar refractivity (Wildman–Crippen MR) is 113 cm³/mol. The first kappa shape index (κ1) is 20.4. The van der Waals surface area contributed by atoms with Crippen LogP contribution >= 0.6 is 0 Å². The molecule has 2 aliphatic heterocycles. The normalized spacial score (nSPS) is 18.0. The Bertz CT molecular complexity index is 1100. The molecule has 1 fully saturated rings. The lowest BCUT2D eigenvalue weighted by Crippen LogP contribution is -2.35. The monoisotopic (exact) mass is 434 g/mol. The lowest BCUT2D eigenvalue weighted by atomic mass is 10.2. The summed E-state index contributed by atoms with van der Waals surface area (Å²) in [6.07, 6.45) is 4.18. The standard InChI is InChI=1S/C21H26N2O4S2/c1-2-17-6-8-19(9-7-17)29(26,27)23-15-12-18-16-20(10-11-21(18)23)28(24,25)22-13-4-3-5-14-22/h6-11,16H,2-5,12-15H2,1H3. The number of rotatable bonds is 5. The van der Waals surface area contributed by atoms with Crippen molar-refractivity contribution in [3.63, 3.8) is 0 Å². The topological polar surface area (TPSA) is 74.8 Å². The molecule has 0 aliphatic carbocycles. The summed E-state index contributed by atoms with van der Waals surface area (Å²) in [5, 5.41) is 0. The quantitative estimate of drug-likeness (QED) is 0.724. The van der Waals surface area contributed by atoms with Crippen molar-refractivity contribution in [2.24, 2.45) is 0 Å². The van der Waals surface area contributed by atoms with Crippen LogP contribution in [0.4, 0.5) is 5.69 Å². The molecule has 0 amide bonds. The van der Waals surface area contributed by atoms with Crippen molar-refractivity contribution in [1.82, 2.24) is 4.31 Å². The van der Waals surface area contributed by atoms with Crippen molar-refractivity contribution >= 4 is 25.7 Å². The number of piperidine rings is 1. The van der Waals surface area contributed by atoms with E-state index >= 15 is 0 Å². The molecule has 29 heavy (non-hydrogen) atoms. The fourth-order valence-corrected chi connectivity index (χ4v) is 7.11. The number of sulfonamides is 2. The average Bonchev–Trinajstić information content (AvgIpc) is 3.18. The van der Waals surface area contributed by atoms with E-state index in [1.54, 1.807) is 24.3 Å². The molecule has 2 aromatic rings. The minimum Gasteiger partial charge on any atom is -0.266 e. The fraction of sp³-hybridized carbons (Fsp3) is 0.429. The van der Waals surface area contributed by atoms with Gasteiger partial charge in [0, 0.05) is 19.6 Å². The number of fused-ring (bicyclic) bond motifs is 1. The second kappa shape index (κ2) is 7.74. The second-order valence-electron chi connectivity index (χ2n) is 7.58. The van der Waals surface area contributed by atoms with Crippen molar-refractivity contribution in [2.75, 3.05) is 23.9 Å². The number of anilines is 1. The molecule has 0 bridgehead atoms. The van der Waals surface area contributed by atoms with Gasteiger partial charge < -0.3 is 0 Å². The Hall–Kier alpha value is -1.90. The van der Waals surface area contributed by atoms with Crippen molar-refractivity contribution in [1.29, 1.82) is 0 Å². The first-order chi connectivity index (χ1) is 13.8. The molecule has 0 saturated carbocycles. The number of aryl methyl sites for hydroxylation is 1. The van der Waals surface area contributed by atoms with Gasteiger partial charge in [-0.05, 0) is 67.1 Å². The van der Waals surface area contributed by atoms with Crippen LogP contribution in [0.25, 0.3) is 0 Å². The van der Waals surface area contributed by atoms with Gasteiger partial charge in [-0.15, -0.1) is 0 Å². The number of nitrogens with zero attached hydrogens (tertiary/aromatic N) is 2. The number of benzene rings is 2. The summed E-state index contributed by atoms with van der Waals surface area (Å²) in [5.41, 5.74) is 2.41.